The summed E-state index contributed by atoms with van der Waals surface area (Å²) in [6.07, 6.45) is 3.46. The Hall–Kier alpha value is -1.57. The second-order valence-electron chi connectivity index (χ2n) is 5.07. The van der Waals surface area contributed by atoms with Crippen molar-refractivity contribution in [2.45, 2.75) is 12.8 Å². The number of carbonyl (C=O) groups is 2. The number of benzene rings is 1. The Morgan fingerprint density at radius 3 is 2.36 bits per heavy atom. The molecule has 22 heavy (non-hydrogen) atoms. The van der Waals surface area contributed by atoms with Gasteiger partial charge in [0.05, 0.1) is 0 Å². The second-order valence-corrected chi connectivity index (χ2v) is 6.32. The predicted molar refractivity (Wildman–Crippen MR) is 94.9 cm³/mol. The van der Waals surface area contributed by atoms with Crippen molar-refractivity contribution in [3.63, 3.8) is 0 Å². The molecule has 5 nitrogen and oxygen atoms in total. The van der Waals surface area contributed by atoms with E-state index in [-0.39, 0.29) is 5.91 Å². The molecule has 0 atom stereocenters. The molecule has 0 aliphatic carbocycles. The lowest BCUT2D eigenvalue weighted by Crippen LogP contribution is -2.32. The van der Waals surface area contributed by atoms with Crippen LogP contribution in [0.5, 0.6) is 0 Å². The Labute approximate surface area is 144 Å². The van der Waals surface area contributed by atoms with E-state index in [0.29, 0.717) is 25.9 Å². The van der Waals surface area contributed by atoms with Crippen molar-refractivity contribution >= 4 is 34.6 Å². The summed E-state index contributed by atoms with van der Waals surface area (Å²) in [4.78, 5) is 25.5. The van der Waals surface area contributed by atoms with E-state index in [4.69, 9.17) is 0 Å². The standard InChI is InChI=1S/C16H21IN2O3/c1-18(2)15(20)5-3-4-11-19(16(21)22)12-10-13-6-8-14(17)9-7-13/h3,5-9H,4,10-12H2,1-2H3,(H,21,22)/b5-3+. The number of likely N-dealkylation sites (N-methyl/N-ethyl adjacent to an activating group) is 1. The van der Waals surface area contributed by atoms with Crippen molar-refractivity contribution in [3.8, 4) is 0 Å². The highest BCUT2D eigenvalue weighted by Gasteiger charge is 2.10. The first-order valence-corrected chi connectivity index (χ1v) is 8.08. The predicted octanol–water partition coefficient (Wildman–Crippen LogP) is 2.85. The molecule has 1 aromatic carbocycles. The molecule has 1 rings (SSSR count). The summed E-state index contributed by atoms with van der Waals surface area (Å²) in [5.74, 6) is -0.0965. The summed E-state index contributed by atoms with van der Waals surface area (Å²) < 4.78 is 1.16. The SMILES string of the molecule is CN(C)C(=O)/C=C/CCN(CCc1ccc(I)cc1)C(=O)O. The molecule has 0 aliphatic heterocycles. The van der Waals surface area contributed by atoms with Crippen LogP contribution in [0.3, 0.4) is 0 Å². The van der Waals surface area contributed by atoms with E-state index in [9.17, 15) is 14.7 Å². The number of hydrogen-bond donors (Lipinski definition) is 1. The van der Waals surface area contributed by atoms with E-state index in [1.54, 1.807) is 20.2 Å². The minimum absolute atomic E-state index is 0.0965. The van der Waals surface area contributed by atoms with Crippen LogP contribution in [0.4, 0.5) is 4.79 Å². The molecule has 0 saturated carbocycles. The van der Waals surface area contributed by atoms with Gasteiger partial charge in [-0.1, -0.05) is 18.2 Å². The lowest BCUT2D eigenvalue weighted by Gasteiger charge is -2.18. The Kier molecular flexibility index (Phi) is 7.94. The fourth-order valence-corrected chi connectivity index (χ4v) is 2.14. The fraction of sp³-hybridized carbons (Fsp3) is 0.375. The molecule has 6 heteroatoms. The van der Waals surface area contributed by atoms with Gasteiger partial charge in [0.25, 0.3) is 0 Å². The first kappa shape index (κ1) is 18.5. The molecule has 1 N–H and O–H groups in total. The third kappa shape index (κ3) is 6.93. The van der Waals surface area contributed by atoms with Crippen LogP contribution in [0.1, 0.15) is 12.0 Å². The van der Waals surface area contributed by atoms with E-state index in [1.165, 1.54) is 15.9 Å². The maximum absolute atomic E-state index is 11.4. The summed E-state index contributed by atoms with van der Waals surface area (Å²) in [7, 11) is 3.36. The van der Waals surface area contributed by atoms with Gasteiger partial charge in [0.15, 0.2) is 0 Å². The van der Waals surface area contributed by atoms with Gasteiger partial charge in [-0.05, 0) is 59.2 Å². The summed E-state index contributed by atoms with van der Waals surface area (Å²) >= 11 is 2.24. The Morgan fingerprint density at radius 2 is 1.82 bits per heavy atom. The van der Waals surface area contributed by atoms with Gasteiger partial charge in [0.2, 0.25) is 5.91 Å². The van der Waals surface area contributed by atoms with Gasteiger partial charge < -0.3 is 14.9 Å². The largest absolute Gasteiger partial charge is 0.465 e. The van der Waals surface area contributed by atoms with Crippen molar-refractivity contribution in [2.75, 3.05) is 27.2 Å². The van der Waals surface area contributed by atoms with Crippen molar-refractivity contribution in [2.24, 2.45) is 0 Å². The Bertz CT molecular complexity index is 527. The van der Waals surface area contributed by atoms with Crippen LogP contribution in [0.25, 0.3) is 0 Å². The highest BCUT2D eigenvalue weighted by Crippen LogP contribution is 2.08. The van der Waals surface area contributed by atoms with Gasteiger partial charge in [-0.2, -0.15) is 0 Å². The van der Waals surface area contributed by atoms with Crippen LogP contribution >= 0.6 is 22.6 Å². The maximum atomic E-state index is 11.4. The van der Waals surface area contributed by atoms with Crippen LogP contribution in [-0.4, -0.2) is 54.1 Å². The number of halogens is 1. The van der Waals surface area contributed by atoms with Crippen LogP contribution in [0.15, 0.2) is 36.4 Å². The lowest BCUT2D eigenvalue weighted by molar-refractivity contribution is -0.123. The molecule has 120 valence electrons. The topological polar surface area (TPSA) is 60.9 Å². The van der Waals surface area contributed by atoms with Crippen LogP contribution in [0.2, 0.25) is 0 Å². The number of amides is 2. The normalized spacial score (nSPS) is 10.7. The van der Waals surface area contributed by atoms with Crippen molar-refractivity contribution in [1.29, 1.82) is 0 Å². The molecule has 0 aromatic heterocycles. The molecule has 0 spiro atoms. The van der Waals surface area contributed by atoms with Crippen molar-refractivity contribution in [3.05, 3.63) is 45.6 Å². The summed E-state index contributed by atoms with van der Waals surface area (Å²) in [6.45, 7) is 0.836. The molecule has 0 fully saturated rings. The summed E-state index contributed by atoms with van der Waals surface area (Å²) in [5.41, 5.74) is 1.12. The number of rotatable bonds is 7. The zero-order valence-electron chi connectivity index (χ0n) is 12.8. The fourth-order valence-electron chi connectivity index (χ4n) is 1.78. The zero-order chi connectivity index (χ0) is 16.5. The number of carboxylic acid groups (broad SMARTS) is 1. The second kappa shape index (κ2) is 9.45. The van der Waals surface area contributed by atoms with Gasteiger partial charge in [-0.25, -0.2) is 4.79 Å². The van der Waals surface area contributed by atoms with Gasteiger partial charge in [-0.3, -0.25) is 4.79 Å². The van der Waals surface area contributed by atoms with E-state index in [1.807, 2.05) is 24.3 Å². The molecule has 0 saturated heterocycles. The highest BCUT2D eigenvalue weighted by atomic mass is 127. The lowest BCUT2D eigenvalue weighted by atomic mass is 10.1. The van der Waals surface area contributed by atoms with Crippen LogP contribution in [0, 0.1) is 3.57 Å². The molecule has 0 bridgehead atoms. The van der Waals surface area contributed by atoms with Gasteiger partial charge in [-0.15, -0.1) is 0 Å². The average Bonchev–Trinajstić information content (AvgIpc) is 2.47. The monoisotopic (exact) mass is 416 g/mol. The molecule has 0 unspecified atom stereocenters. The van der Waals surface area contributed by atoms with Gasteiger partial charge >= 0.3 is 6.09 Å². The third-order valence-corrected chi connectivity index (χ3v) is 3.84. The number of carbonyl (C=O) groups excluding carboxylic acids is 1. The average molecular weight is 416 g/mol. The zero-order valence-corrected chi connectivity index (χ0v) is 15.0. The maximum Gasteiger partial charge on any atom is 0.407 e. The number of hydrogen-bond acceptors (Lipinski definition) is 2. The van der Waals surface area contributed by atoms with Crippen LogP contribution < -0.4 is 0 Å². The molecule has 0 heterocycles. The van der Waals surface area contributed by atoms with Gasteiger partial charge in [0, 0.05) is 30.8 Å². The smallest absolute Gasteiger partial charge is 0.407 e. The molecule has 0 radical (unpaired) electrons. The summed E-state index contributed by atoms with van der Waals surface area (Å²) in [6, 6.07) is 8.04. The molecule has 0 aliphatic rings. The highest BCUT2D eigenvalue weighted by molar-refractivity contribution is 14.1. The summed E-state index contributed by atoms with van der Waals surface area (Å²) in [5, 5.41) is 9.22. The van der Waals surface area contributed by atoms with Gasteiger partial charge in [0.1, 0.15) is 0 Å². The Morgan fingerprint density at radius 1 is 1.18 bits per heavy atom. The van der Waals surface area contributed by atoms with E-state index < -0.39 is 6.09 Å². The Balaban J connectivity index is 2.44. The minimum atomic E-state index is -0.933. The van der Waals surface area contributed by atoms with Crippen LogP contribution in [-0.2, 0) is 11.2 Å². The van der Waals surface area contributed by atoms with E-state index >= 15 is 0 Å². The van der Waals surface area contributed by atoms with Crippen molar-refractivity contribution in [1.82, 2.24) is 9.80 Å². The first-order chi connectivity index (χ1) is 10.4. The molecular formula is C16H21IN2O3. The quantitative estimate of drug-likeness (QED) is 0.550. The van der Waals surface area contributed by atoms with Crippen molar-refractivity contribution < 1.29 is 14.7 Å². The molecular weight excluding hydrogens is 395 g/mol. The first-order valence-electron chi connectivity index (χ1n) is 7.00. The van der Waals surface area contributed by atoms with E-state index in [2.05, 4.69) is 22.6 Å². The number of nitrogens with zero attached hydrogens (tertiary/aromatic N) is 2. The van der Waals surface area contributed by atoms with E-state index in [0.717, 1.165) is 9.13 Å². The third-order valence-electron chi connectivity index (χ3n) is 3.12. The minimum Gasteiger partial charge on any atom is -0.465 e. The molecule has 2 amide bonds. The molecule has 1 aromatic rings.